The Morgan fingerprint density at radius 1 is 1.16 bits per heavy atom. The molecule has 1 aromatic heterocycles. The first-order chi connectivity index (χ1) is 15.5. The van der Waals surface area contributed by atoms with Crippen LogP contribution in [0.3, 0.4) is 0 Å². The zero-order valence-corrected chi connectivity index (χ0v) is 18.2. The first-order valence-corrected chi connectivity index (χ1v) is 11.3. The van der Waals surface area contributed by atoms with E-state index in [0.717, 1.165) is 5.56 Å². The first-order valence-electron chi connectivity index (χ1n) is 9.90. The Morgan fingerprint density at radius 3 is 2.62 bits per heavy atom. The van der Waals surface area contributed by atoms with Gasteiger partial charge in [-0.1, -0.05) is 17.3 Å². The summed E-state index contributed by atoms with van der Waals surface area (Å²) in [6.07, 6.45) is 0. The molecule has 2 aromatic carbocycles. The largest absolute Gasteiger partial charge is 0.497 e. The summed E-state index contributed by atoms with van der Waals surface area (Å²) in [4.78, 5) is 16.9. The number of aromatic nitrogens is 2. The molecular weight excluding hydrogens is 436 g/mol. The zero-order valence-electron chi connectivity index (χ0n) is 17.4. The van der Waals surface area contributed by atoms with E-state index in [1.165, 1.54) is 28.6 Å². The summed E-state index contributed by atoms with van der Waals surface area (Å²) in [5, 5.41) is 6.61. The lowest BCUT2D eigenvalue weighted by atomic mass is 10.2. The number of hydrogen-bond acceptors (Lipinski definition) is 8. The van der Waals surface area contributed by atoms with E-state index in [9.17, 15) is 13.2 Å². The van der Waals surface area contributed by atoms with E-state index in [-0.39, 0.29) is 23.2 Å². The van der Waals surface area contributed by atoms with Crippen molar-refractivity contribution < 1.29 is 27.2 Å². The van der Waals surface area contributed by atoms with Gasteiger partial charge in [0.05, 0.1) is 31.8 Å². The van der Waals surface area contributed by atoms with Crippen molar-refractivity contribution >= 4 is 15.9 Å². The second-order valence-corrected chi connectivity index (χ2v) is 8.91. The number of carbonyl (C=O) groups excluding carboxylic acids is 1. The van der Waals surface area contributed by atoms with Gasteiger partial charge in [-0.2, -0.15) is 9.29 Å². The summed E-state index contributed by atoms with van der Waals surface area (Å²) >= 11 is 0. The lowest BCUT2D eigenvalue weighted by molar-refractivity contribution is 0.0730. The maximum Gasteiger partial charge on any atom is 0.251 e. The molecule has 0 aliphatic carbocycles. The third kappa shape index (κ3) is 4.79. The fraction of sp³-hybridized carbons (Fsp3) is 0.286. The maximum atomic E-state index is 12.7. The smallest absolute Gasteiger partial charge is 0.251 e. The van der Waals surface area contributed by atoms with Gasteiger partial charge in [0.15, 0.2) is 0 Å². The molecule has 0 spiro atoms. The van der Waals surface area contributed by atoms with Crippen molar-refractivity contribution in [3.05, 3.63) is 60.0 Å². The highest BCUT2D eigenvalue weighted by atomic mass is 32.2. The molecule has 0 saturated carbocycles. The molecule has 10 nitrogen and oxygen atoms in total. The number of hydrogen-bond donors (Lipinski definition) is 1. The summed E-state index contributed by atoms with van der Waals surface area (Å²) in [5.41, 5.74) is 1.04. The molecule has 1 fully saturated rings. The predicted molar refractivity (Wildman–Crippen MR) is 113 cm³/mol. The summed E-state index contributed by atoms with van der Waals surface area (Å²) in [5.74, 6) is 0.899. The number of benzene rings is 2. The number of methoxy groups -OCH3 is 1. The second kappa shape index (κ2) is 9.47. The van der Waals surface area contributed by atoms with Crippen LogP contribution in [0.5, 0.6) is 5.75 Å². The van der Waals surface area contributed by atoms with Crippen LogP contribution in [0.15, 0.2) is 57.9 Å². The number of nitrogens with zero attached hydrogens (tertiary/aromatic N) is 3. The topological polar surface area (TPSA) is 124 Å². The lowest BCUT2D eigenvalue weighted by Gasteiger charge is -2.26. The minimum atomic E-state index is -3.61. The molecule has 0 unspecified atom stereocenters. The summed E-state index contributed by atoms with van der Waals surface area (Å²) < 4.78 is 42.3. The Hall–Kier alpha value is -3.28. The van der Waals surface area contributed by atoms with Gasteiger partial charge in [0, 0.05) is 24.2 Å². The van der Waals surface area contributed by atoms with Crippen molar-refractivity contribution in [2.75, 3.05) is 33.4 Å². The van der Waals surface area contributed by atoms with E-state index in [2.05, 4.69) is 15.5 Å². The highest BCUT2D eigenvalue weighted by molar-refractivity contribution is 7.89. The van der Waals surface area contributed by atoms with Gasteiger partial charge >= 0.3 is 0 Å². The van der Waals surface area contributed by atoms with Crippen LogP contribution in [0.25, 0.3) is 11.4 Å². The minimum absolute atomic E-state index is 0.0314. The van der Waals surface area contributed by atoms with Crippen LogP contribution in [0, 0.1) is 0 Å². The number of carbonyl (C=O) groups is 1. The van der Waals surface area contributed by atoms with Crippen LogP contribution in [0.1, 0.15) is 16.2 Å². The van der Waals surface area contributed by atoms with E-state index in [1.54, 1.807) is 13.2 Å². The van der Waals surface area contributed by atoms with Gasteiger partial charge in [0.2, 0.25) is 21.7 Å². The predicted octanol–water partition coefficient (Wildman–Crippen LogP) is 1.70. The molecule has 3 aromatic rings. The molecule has 1 N–H and O–H groups in total. The second-order valence-electron chi connectivity index (χ2n) is 6.97. The molecule has 4 rings (SSSR count). The van der Waals surface area contributed by atoms with E-state index in [0.29, 0.717) is 43.4 Å². The van der Waals surface area contributed by atoms with E-state index < -0.39 is 10.0 Å². The molecular formula is C21H22N4O6S. The highest BCUT2D eigenvalue weighted by Gasteiger charge is 2.26. The van der Waals surface area contributed by atoms with Gasteiger partial charge in [-0.15, -0.1) is 0 Å². The summed E-state index contributed by atoms with van der Waals surface area (Å²) in [6.45, 7) is 1.40. The first kappa shape index (κ1) is 21.9. The van der Waals surface area contributed by atoms with Gasteiger partial charge < -0.3 is 19.3 Å². The van der Waals surface area contributed by atoms with Crippen molar-refractivity contribution in [1.82, 2.24) is 19.8 Å². The molecule has 0 radical (unpaired) electrons. The number of nitrogens with one attached hydrogen (secondary N) is 1. The Morgan fingerprint density at radius 2 is 1.91 bits per heavy atom. The standard InChI is InChI=1S/C21H22N4O6S/c1-29-17-4-2-3-16(13-17)20-23-19(31-24-20)14-22-21(26)15-5-7-18(8-6-15)32(27,28)25-9-11-30-12-10-25/h2-8,13H,9-12,14H2,1H3,(H,22,26). The maximum absolute atomic E-state index is 12.7. The van der Waals surface area contributed by atoms with E-state index in [4.69, 9.17) is 14.0 Å². The van der Waals surface area contributed by atoms with E-state index in [1.807, 2.05) is 18.2 Å². The Balaban J connectivity index is 1.38. The van der Waals surface area contributed by atoms with Crippen molar-refractivity contribution in [2.45, 2.75) is 11.4 Å². The SMILES string of the molecule is COc1cccc(-c2noc(CNC(=O)c3ccc(S(=O)(=O)N4CCOCC4)cc3)n2)c1. The quantitative estimate of drug-likeness (QED) is 0.567. The average molecular weight is 458 g/mol. The van der Waals surface area contributed by atoms with Gasteiger partial charge in [-0.25, -0.2) is 8.42 Å². The van der Waals surface area contributed by atoms with Gasteiger partial charge in [-0.3, -0.25) is 4.79 Å². The van der Waals surface area contributed by atoms with Crippen LogP contribution in [0.2, 0.25) is 0 Å². The Kier molecular flexibility index (Phi) is 6.49. The molecule has 32 heavy (non-hydrogen) atoms. The number of morpholine rings is 1. The molecule has 0 atom stereocenters. The summed E-state index contributed by atoms with van der Waals surface area (Å²) in [7, 11) is -2.04. The number of amides is 1. The lowest BCUT2D eigenvalue weighted by Crippen LogP contribution is -2.40. The van der Waals surface area contributed by atoms with Crippen LogP contribution < -0.4 is 10.1 Å². The average Bonchev–Trinajstić information content (AvgIpc) is 3.32. The van der Waals surface area contributed by atoms with Crippen molar-refractivity contribution in [3.8, 4) is 17.1 Å². The van der Waals surface area contributed by atoms with Gasteiger partial charge in [-0.05, 0) is 36.4 Å². The number of ether oxygens (including phenoxy) is 2. The van der Waals surface area contributed by atoms with Gasteiger partial charge in [0.1, 0.15) is 5.75 Å². The van der Waals surface area contributed by atoms with Crippen molar-refractivity contribution in [2.24, 2.45) is 0 Å². The molecule has 1 aliphatic rings. The Bertz CT molecular complexity index is 1190. The van der Waals surface area contributed by atoms with E-state index >= 15 is 0 Å². The Labute approximate surface area is 185 Å². The highest BCUT2D eigenvalue weighted by Crippen LogP contribution is 2.21. The molecule has 2 heterocycles. The van der Waals surface area contributed by atoms with Crippen LogP contribution in [-0.2, 0) is 21.3 Å². The number of sulfonamides is 1. The van der Waals surface area contributed by atoms with Crippen LogP contribution in [-0.4, -0.2) is 62.2 Å². The van der Waals surface area contributed by atoms with Crippen molar-refractivity contribution in [3.63, 3.8) is 0 Å². The molecule has 1 saturated heterocycles. The van der Waals surface area contributed by atoms with Crippen LogP contribution in [0.4, 0.5) is 0 Å². The minimum Gasteiger partial charge on any atom is -0.497 e. The zero-order chi connectivity index (χ0) is 22.6. The number of rotatable bonds is 7. The molecule has 1 amide bonds. The molecule has 168 valence electrons. The normalized spacial score (nSPS) is 14.8. The molecule has 11 heteroatoms. The molecule has 1 aliphatic heterocycles. The van der Waals surface area contributed by atoms with Crippen molar-refractivity contribution in [1.29, 1.82) is 0 Å². The van der Waals surface area contributed by atoms with Gasteiger partial charge in [0.25, 0.3) is 5.91 Å². The third-order valence-corrected chi connectivity index (χ3v) is 6.83. The molecule has 0 bridgehead atoms. The fourth-order valence-corrected chi connectivity index (χ4v) is 4.59. The summed E-state index contributed by atoms with van der Waals surface area (Å²) in [6, 6.07) is 13.0. The third-order valence-electron chi connectivity index (χ3n) is 4.92. The monoisotopic (exact) mass is 458 g/mol. The van der Waals surface area contributed by atoms with Crippen LogP contribution >= 0.6 is 0 Å². The fourth-order valence-electron chi connectivity index (χ4n) is 3.18.